The smallest absolute Gasteiger partial charge is 0.113 e. The van der Waals surface area contributed by atoms with Crippen LogP contribution in [-0.2, 0) is 0 Å². The van der Waals surface area contributed by atoms with E-state index < -0.39 is 7.92 Å². The fraction of sp³-hybridized carbons (Fsp3) is 0.0741. The Bertz CT molecular complexity index is 1060. The largest absolute Gasteiger partial charge is 0.242 e. The van der Waals surface area contributed by atoms with Crippen molar-refractivity contribution in [3.05, 3.63) is 128 Å². The molecule has 0 saturated heterocycles. The minimum absolute atomic E-state index is 0.328. The molecule has 3 aromatic carbocycles. The van der Waals surface area contributed by atoms with Gasteiger partial charge >= 0.3 is 0 Å². The highest BCUT2D eigenvalue weighted by atomic mass is 31.1. The first kappa shape index (κ1) is 20.2. The molecular weight excluding hydrogens is 397 g/mol. The standard InChI is InChI=1S/C27H23N3P/c1-21(31(23-14-7-3-8-15-23)24-16-9-4-10-17-24)25-18-11-19-27(25)30-20-26(28-29-30)22-12-5-2-6-13-22/h2-21H,1H3/t21-/m1/s1. The zero-order valence-corrected chi connectivity index (χ0v) is 18.2. The Morgan fingerprint density at radius 2 is 1.32 bits per heavy atom. The van der Waals surface area contributed by atoms with Gasteiger partial charge in [-0.05, 0) is 43.5 Å². The van der Waals surface area contributed by atoms with E-state index in [1.165, 1.54) is 16.5 Å². The molecule has 3 nitrogen and oxygen atoms in total. The van der Waals surface area contributed by atoms with E-state index in [4.69, 9.17) is 0 Å². The van der Waals surface area contributed by atoms with E-state index in [2.05, 4.69) is 109 Å². The number of aromatic nitrogens is 3. The lowest BCUT2D eigenvalue weighted by atomic mass is 10.0. The monoisotopic (exact) mass is 420 g/mol. The van der Waals surface area contributed by atoms with E-state index in [0.29, 0.717) is 5.66 Å². The van der Waals surface area contributed by atoms with Crippen LogP contribution in [0.15, 0.2) is 97.2 Å². The summed E-state index contributed by atoms with van der Waals surface area (Å²) in [5, 5.41) is 11.6. The summed E-state index contributed by atoms with van der Waals surface area (Å²) >= 11 is 0. The first-order valence-corrected chi connectivity index (χ1v) is 11.9. The highest BCUT2D eigenvalue weighted by Crippen LogP contribution is 2.50. The molecule has 0 aliphatic heterocycles. The molecular formula is C27H23N3P. The van der Waals surface area contributed by atoms with Gasteiger partial charge in [-0.3, -0.25) is 0 Å². The zero-order chi connectivity index (χ0) is 21.0. The van der Waals surface area contributed by atoms with Crippen molar-refractivity contribution in [1.82, 2.24) is 15.0 Å². The Labute approximate surface area is 185 Å². The van der Waals surface area contributed by atoms with Gasteiger partial charge in [0.05, 0.1) is 6.20 Å². The van der Waals surface area contributed by atoms with E-state index >= 15 is 0 Å². The molecule has 5 rings (SSSR count). The van der Waals surface area contributed by atoms with Gasteiger partial charge in [0.25, 0.3) is 0 Å². The van der Waals surface area contributed by atoms with Crippen LogP contribution in [-0.4, -0.2) is 20.7 Å². The van der Waals surface area contributed by atoms with Crippen LogP contribution in [0.3, 0.4) is 0 Å². The van der Waals surface area contributed by atoms with Gasteiger partial charge in [-0.25, -0.2) is 4.68 Å². The molecule has 4 aromatic rings. The Kier molecular flexibility index (Phi) is 5.95. The Morgan fingerprint density at radius 3 is 1.94 bits per heavy atom. The van der Waals surface area contributed by atoms with E-state index in [1.807, 2.05) is 29.1 Å². The minimum Gasteiger partial charge on any atom is -0.242 e. The van der Waals surface area contributed by atoms with E-state index in [0.717, 1.165) is 17.3 Å². The average molecular weight is 420 g/mol. The quantitative estimate of drug-likeness (QED) is 0.409. The van der Waals surface area contributed by atoms with Crippen LogP contribution in [0.25, 0.3) is 11.3 Å². The third-order valence-corrected chi connectivity index (χ3v) is 8.30. The number of benzene rings is 3. The number of hydrogen-bond donors (Lipinski definition) is 0. The predicted molar refractivity (Wildman–Crippen MR) is 129 cm³/mol. The second-order valence-electron chi connectivity index (χ2n) is 7.50. The Balaban J connectivity index is 1.46. The van der Waals surface area contributed by atoms with Crippen LogP contribution in [0.4, 0.5) is 0 Å². The van der Waals surface area contributed by atoms with Crippen LogP contribution in [0, 0.1) is 31.2 Å². The molecule has 5 radical (unpaired) electrons. The molecule has 1 fully saturated rings. The molecule has 1 aliphatic carbocycles. The number of nitrogens with zero attached hydrogens (tertiary/aromatic N) is 3. The number of hydrogen-bond acceptors (Lipinski definition) is 2. The molecule has 0 spiro atoms. The highest BCUT2D eigenvalue weighted by Gasteiger charge is 2.39. The molecule has 1 atom stereocenters. The lowest BCUT2D eigenvalue weighted by Gasteiger charge is -2.32. The van der Waals surface area contributed by atoms with Gasteiger partial charge in [0.15, 0.2) is 0 Å². The first-order valence-electron chi connectivity index (χ1n) is 10.4. The Morgan fingerprint density at radius 1 is 0.742 bits per heavy atom. The van der Waals surface area contributed by atoms with E-state index in [1.54, 1.807) is 0 Å². The van der Waals surface area contributed by atoms with Gasteiger partial charge in [0.1, 0.15) is 11.7 Å². The van der Waals surface area contributed by atoms with Crippen molar-refractivity contribution in [2.45, 2.75) is 12.6 Å². The molecule has 151 valence electrons. The van der Waals surface area contributed by atoms with Crippen molar-refractivity contribution in [1.29, 1.82) is 0 Å². The van der Waals surface area contributed by atoms with Gasteiger partial charge in [0, 0.05) is 11.5 Å². The van der Waals surface area contributed by atoms with Crippen LogP contribution < -0.4 is 10.6 Å². The van der Waals surface area contributed by atoms with Crippen molar-refractivity contribution in [3.8, 4) is 11.3 Å². The SMILES string of the molecule is C[C@H]([C]1[CH][CH][CH][C]1n1cc(-c2ccccc2)nn1)P(c1ccccc1)c1ccccc1. The summed E-state index contributed by atoms with van der Waals surface area (Å²) in [7, 11) is -0.568. The van der Waals surface area contributed by atoms with Crippen molar-refractivity contribution in [2.75, 3.05) is 0 Å². The summed E-state index contributed by atoms with van der Waals surface area (Å²) in [5.41, 5.74) is 2.29. The second-order valence-corrected chi connectivity index (χ2v) is 10.0. The second kappa shape index (κ2) is 9.16. The average Bonchev–Trinajstić information content (AvgIpc) is 3.51. The maximum absolute atomic E-state index is 4.46. The molecule has 4 heteroatoms. The molecule has 1 heterocycles. The van der Waals surface area contributed by atoms with Crippen molar-refractivity contribution in [2.24, 2.45) is 0 Å². The van der Waals surface area contributed by atoms with Gasteiger partial charge < -0.3 is 0 Å². The molecule has 0 N–H and O–H groups in total. The topological polar surface area (TPSA) is 30.7 Å². The molecule has 0 amide bonds. The number of rotatable bonds is 6. The summed E-state index contributed by atoms with van der Waals surface area (Å²) in [6, 6.07) is 33.0. The van der Waals surface area contributed by atoms with Crippen molar-refractivity contribution >= 4 is 18.5 Å². The molecule has 31 heavy (non-hydrogen) atoms. The summed E-state index contributed by atoms with van der Waals surface area (Å²) in [5.74, 6) is 1.29. The molecule has 0 bridgehead atoms. The van der Waals surface area contributed by atoms with Crippen LogP contribution in [0.5, 0.6) is 0 Å². The van der Waals surface area contributed by atoms with Crippen LogP contribution in [0.1, 0.15) is 6.92 Å². The van der Waals surface area contributed by atoms with Gasteiger partial charge in [-0.1, -0.05) is 103 Å². The maximum atomic E-state index is 4.46. The molecule has 1 aliphatic rings. The first-order chi connectivity index (χ1) is 15.3. The van der Waals surface area contributed by atoms with E-state index in [-0.39, 0.29) is 0 Å². The maximum Gasteiger partial charge on any atom is 0.113 e. The van der Waals surface area contributed by atoms with Gasteiger partial charge in [0.2, 0.25) is 0 Å². The molecule has 1 saturated carbocycles. The zero-order valence-electron chi connectivity index (χ0n) is 17.3. The van der Waals surface area contributed by atoms with E-state index in [9.17, 15) is 0 Å². The minimum atomic E-state index is -0.568. The van der Waals surface area contributed by atoms with Crippen LogP contribution >= 0.6 is 7.92 Å². The van der Waals surface area contributed by atoms with Crippen molar-refractivity contribution in [3.63, 3.8) is 0 Å². The van der Waals surface area contributed by atoms with Crippen LogP contribution in [0.2, 0.25) is 0 Å². The third kappa shape index (κ3) is 4.20. The molecule has 0 unspecified atom stereocenters. The molecule has 1 aromatic heterocycles. The third-order valence-electron chi connectivity index (χ3n) is 5.54. The lowest BCUT2D eigenvalue weighted by Crippen LogP contribution is -2.29. The predicted octanol–water partition coefficient (Wildman–Crippen LogP) is 5.05. The fourth-order valence-corrected chi connectivity index (χ4v) is 6.70. The summed E-state index contributed by atoms with van der Waals surface area (Å²) in [6.07, 6.45) is 8.51. The lowest BCUT2D eigenvalue weighted by molar-refractivity contribution is 0.670. The summed E-state index contributed by atoms with van der Waals surface area (Å²) < 4.78 is 1.91. The fourth-order valence-electron chi connectivity index (χ4n) is 4.02. The van der Waals surface area contributed by atoms with Crippen molar-refractivity contribution < 1.29 is 0 Å². The normalized spacial score (nSPS) is 16.1. The summed E-state index contributed by atoms with van der Waals surface area (Å²) in [4.78, 5) is 0. The van der Waals surface area contributed by atoms with Gasteiger partial charge in [-0.15, -0.1) is 5.10 Å². The Hall–Kier alpha value is -2.77. The van der Waals surface area contributed by atoms with Gasteiger partial charge in [-0.2, -0.15) is 0 Å². The summed E-state index contributed by atoms with van der Waals surface area (Å²) in [6.45, 7) is 2.33. The highest BCUT2D eigenvalue weighted by molar-refractivity contribution is 7.73.